The first-order valence-electron chi connectivity index (χ1n) is 14.0. The van der Waals surface area contributed by atoms with Crippen LogP contribution in [0, 0.1) is 0 Å². The zero-order chi connectivity index (χ0) is 32.2. The third kappa shape index (κ3) is 7.19. The van der Waals surface area contributed by atoms with Crippen LogP contribution < -0.4 is 36.3 Å². The van der Waals surface area contributed by atoms with Gasteiger partial charge in [0.05, 0.1) is 15.1 Å². The molecule has 0 fully saturated rings. The van der Waals surface area contributed by atoms with E-state index >= 15 is 0 Å². The third-order valence-corrected chi connectivity index (χ3v) is 7.77. The van der Waals surface area contributed by atoms with Gasteiger partial charge in [-0.15, -0.1) is 0 Å². The molecule has 0 aromatic heterocycles. The number of nitrogens with zero attached hydrogens (tertiary/aromatic N) is 1. The molecule has 0 amide bonds. The van der Waals surface area contributed by atoms with E-state index in [2.05, 4.69) is 4.90 Å². The Morgan fingerprint density at radius 2 is 0.630 bits per heavy atom. The molecule has 0 unspecified atom stereocenters. The summed E-state index contributed by atoms with van der Waals surface area (Å²) in [6, 6.07) is 38.2. The average Bonchev–Trinajstić information content (AvgIpc) is 3.05. The van der Waals surface area contributed by atoms with E-state index in [1.165, 1.54) is 0 Å². The minimum Gasteiger partial charge on any atom is -0.456 e. The summed E-state index contributed by atoms with van der Waals surface area (Å²) < 4.78 is 18.0. The van der Waals surface area contributed by atoms with Gasteiger partial charge in [-0.05, 0) is 109 Å². The Labute approximate surface area is 281 Å². The van der Waals surface area contributed by atoms with E-state index in [0.29, 0.717) is 66.6 Å². The summed E-state index contributed by atoms with van der Waals surface area (Å²) in [5.74, 6) is 3.21. The first-order valence-corrected chi connectivity index (χ1v) is 15.1. The second-order valence-electron chi connectivity index (χ2n) is 10.2. The van der Waals surface area contributed by atoms with Crippen LogP contribution in [-0.2, 0) is 0 Å². The maximum absolute atomic E-state index is 6.31. The summed E-state index contributed by atoms with van der Waals surface area (Å²) in [6.07, 6.45) is 0. The van der Waals surface area contributed by atoms with Gasteiger partial charge < -0.3 is 36.3 Å². The number of nitrogen functional groups attached to an aromatic ring is 3. The predicted octanol–water partition coefficient (Wildman–Crippen LogP) is 11.2. The number of ether oxygens (including phenoxy) is 3. The van der Waals surface area contributed by atoms with Crippen LogP contribution in [0.2, 0.25) is 15.1 Å². The predicted molar refractivity (Wildman–Crippen MR) is 189 cm³/mol. The molecule has 46 heavy (non-hydrogen) atoms. The second-order valence-corrected chi connectivity index (χ2v) is 11.4. The Hall–Kier alpha value is -5.21. The van der Waals surface area contributed by atoms with Crippen molar-refractivity contribution in [3.63, 3.8) is 0 Å². The van der Waals surface area contributed by atoms with E-state index in [1.54, 1.807) is 54.6 Å². The number of hydrogen-bond donors (Lipinski definition) is 3. The summed E-state index contributed by atoms with van der Waals surface area (Å²) in [6.45, 7) is 0. The summed E-state index contributed by atoms with van der Waals surface area (Å²) in [5.41, 5.74) is 22.0. The highest BCUT2D eigenvalue weighted by Gasteiger charge is 2.15. The molecule has 0 saturated carbocycles. The van der Waals surface area contributed by atoms with Gasteiger partial charge in [-0.3, -0.25) is 0 Å². The minimum absolute atomic E-state index is 0.462. The minimum atomic E-state index is 0.462. The van der Waals surface area contributed by atoms with E-state index in [4.69, 9.17) is 66.2 Å². The Balaban J connectivity index is 1.31. The lowest BCUT2D eigenvalue weighted by molar-refractivity contribution is 0.483. The second kappa shape index (κ2) is 13.4. The molecule has 0 spiro atoms. The lowest BCUT2D eigenvalue weighted by Crippen LogP contribution is -2.09. The molecule has 6 rings (SSSR count). The number of halogens is 3. The van der Waals surface area contributed by atoms with Crippen molar-refractivity contribution in [3.8, 4) is 34.5 Å². The fraction of sp³-hybridized carbons (Fsp3) is 0. The van der Waals surface area contributed by atoms with Crippen LogP contribution >= 0.6 is 34.8 Å². The molecule has 0 heterocycles. The topological polar surface area (TPSA) is 109 Å². The van der Waals surface area contributed by atoms with Crippen molar-refractivity contribution >= 4 is 68.9 Å². The van der Waals surface area contributed by atoms with Crippen molar-refractivity contribution in [3.05, 3.63) is 142 Å². The number of nitrogens with two attached hydrogens (primary N) is 3. The van der Waals surface area contributed by atoms with Gasteiger partial charge in [0.25, 0.3) is 0 Å². The maximum Gasteiger partial charge on any atom is 0.148 e. The molecule has 0 bridgehead atoms. The van der Waals surface area contributed by atoms with Crippen LogP contribution in [0.5, 0.6) is 34.5 Å². The highest BCUT2D eigenvalue weighted by atomic mass is 35.5. The molecule has 6 N–H and O–H groups in total. The van der Waals surface area contributed by atoms with Gasteiger partial charge in [-0.25, -0.2) is 0 Å². The average molecular weight is 670 g/mol. The van der Waals surface area contributed by atoms with Crippen LogP contribution in [0.4, 0.5) is 34.1 Å². The van der Waals surface area contributed by atoms with Crippen LogP contribution in [0.3, 0.4) is 0 Å². The SMILES string of the molecule is Nc1ccc(Cl)c(Oc2ccc(N(c3ccc(Oc4cc(N)ccc4Cl)cc3)c3ccc(Oc4cc(N)ccc4Cl)cc3)cc2)c1. The zero-order valence-electron chi connectivity index (χ0n) is 24.2. The molecule has 7 nitrogen and oxygen atoms in total. The first-order chi connectivity index (χ1) is 22.2. The van der Waals surface area contributed by atoms with Crippen molar-refractivity contribution in [2.75, 3.05) is 22.1 Å². The normalized spacial score (nSPS) is 10.8. The maximum atomic E-state index is 6.31. The van der Waals surface area contributed by atoms with Gasteiger partial charge in [0, 0.05) is 52.3 Å². The molecule has 6 aromatic carbocycles. The van der Waals surface area contributed by atoms with Crippen molar-refractivity contribution in [2.45, 2.75) is 0 Å². The standard InChI is InChI=1S/C36H27Cl3N4O3/c37-31-16-1-22(40)19-34(31)44-28-10-4-25(5-11-28)43(26-6-12-29(13-7-26)45-35-20-23(41)2-17-32(35)38)27-8-14-30(15-9-27)46-36-21-24(42)3-18-33(36)39/h1-21H,40-42H2. The molecule has 230 valence electrons. The van der Waals surface area contributed by atoms with Gasteiger partial charge in [-0.1, -0.05) is 34.8 Å². The molecule has 0 aliphatic heterocycles. The highest BCUT2D eigenvalue weighted by molar-refractivity contribution is 6.32. The summed E-state index contributed by atoms with van der Waals surface area (Å²) in [7, 11) is 0. The molecule has 10 heteroatoms. The van der Waals surface area contributed by atoms with E-state index in [0.717, 1.165) is 17.1 Å². The van der Waals surface area contributed by atoms with Crippen molar-refractivity contribution in [2.24, 2.45) is 0 Å². The highest BCUT2D eigenvalue weighted by Crippen LogP contribution is 2.40. The third-order valence-electron chi connectivity index (χ3n) is 6.83. The summed E-state index contributed by atoms with van der Waals surface area (Å²) in [4.78, 5) is 2.08. The largest absolute Gasteiger partial charge is 0.456 e. The molecule has 0 aliphatic carbocycles. The smallest absolute Gasteiger partial charge is 0.148 e. The van der Waals surface area contributed by atoms with E-state index in [-0.39, 0.29) is 0 Å². The summed E-state index contributed by atoms with van der Waals surface area (Å²) >= 11 is 18.9. The Kier molecular flexibility index (Phi) is 8.99. The molecule has 0 radical (unpaired) electrons. The van der Waals surface area contributed by atoms with Crippen LogP contribution in [-0.4, -0.2) is 0 Å². The lowest BCUT2D eigenvalue weighted by atomic mass is 10.1. The van der Waals surface area contributed by atoms with Crippen molar-refractivity contribution in [1.82, 2.24) is 0 Å². The summed E-state index contributed by atoms with van der Waals surface area (Å²) in [5, 5.41) is 1.38. The number of rotatable bonds is 9. The van der Waals surface area contributed by atoms with E-state index in [1.807, 2.05) is 72.8 Å². The van der Waals surface area contributed by atoms with Crippen LogP contribution in [0.15, 0.2) is 127 Å². The number of anilines is 6. The monoisotopic (exact) mass is 668 g/mol. The van der Waals surface area contributed by atoms with Gasteiger partial charge in [0.15, 0.2) is 0 Å². The molecule has 0 atom stereocenters. The fourth-order valence-electron chi connectivity index (χ4n) is 4.61. The van der Waals surface area contributed by atoms with Crippen molar-refractivity contribution < 1.29 is 14.2 Å². The lowest BCUT2D eigenvalue weighted by Gasteiger charge is -2.26. The zero-order valence-corrected chi connectivity index (χ0v) is 26.4. The molecular formula is C36H27Cl3N4O3. The number of hydrogen-bond acceptors (Lipinski definition) is 7. The van der Waals surface area contributed by atoms with Crippen molar-refractivity contribution in [1.29, 1.82) is 0 Å². The Morgan fingerprint density at radius 1 is 0.370 bits per heavy atom. The van der Waals surface area contributed by atoms with E-state index in [9.17, 15) is 0 Å². The first kappa shape index (κ1) is 30.8. The van der Waals surface area contributed by atoms with E-state index < -0.39 is 0 Å². The van der Waals surface area contributed by atoms with Gasteiger partial charge >= 0.3 is 0 Å². The molecule has 6 aromatic rings. The fourth-order valence-corrected chi connectivity index (χ4v) is 5.08. The van der Waals surface area contributed by atoms with Crippen LogP contribution in [0.25, 0.3) is 0 Å². The number of benzene rings is 6. The van der Waals surface area contributed by atoms with Gasteiger partial charge in [0.2, 0.25) is 0 Å². The molecule has 0 aliphatic rings. The Morgan fingerprint density at radius 3 is 0.891 bits per heavy atom. The molecule has 0 saturated heterocycles. The Bertz CT molecular complexity index is 1760. The van der Waals surface area contributed by atoms with Crippen LogP contribution in [0.1, 0.15) is 0 Å². The van der Waals surface area contributed by atoms with Gasteiger partial charge in [-0.2, -0.15) is 0 Å². The van der Waals surface area contributed by atoms with Gasteiger partial charge in [0.1, 0.15) is 34.5 Å². The quantitative estimate of drug-likeness (QED) is 0.131. The molecular weight excluding hydrogens is 643 g/mol.